The number of halogens is 1. The van der Waals surface area contributed by atoms with Gasteiger partial charge in [0.2, 0.25) is 0 Å². The van der Waals surface area contributed by atoms with Gasteiger partial charge in [-0.3, -0.25) is 0 Å². The van der Waals surface area contributed by atoms with E-state index in [9.17, 15) is 0 Å². The summed E-state index contributed by atoms with van der Waals surface area (Å²) >= 11 is 3.24. The van der Waals surface area contributed by atoms with Gasteiger partial charge in [-0.25, -0.2) is 9.50 Å². The van der Waals surface area contributed by atoms with Crippen molar-refractivity contribution in [3.05, 3.63) is 22.6 Å². The van der Waals surface area contributed by atoms with Gasteiger partial charge in [0.15, 0.2) is 10.3 Å². The van der Waals surface area contributed by atoms with E-state index in [0.717, 1.165) is 5.56 Å². The van der Waals surface area contributed by atoms with E-state index in [2.05, 4.69) is 26.0 Å². The fourth-order valence-electron chi connectivity index (χ4n) is 1.02. The number of nitrogens with zero attached hydrogens (tertiary/aromatic N) is 3. The first-order valence-electron chi connectivity index (χ1n) is 3.44. The highest BCUT2D eigenvalue weighted by Crippen LogP contribution is 2.21. The van der Waals surface area contributed by atoms with Gasteiger partial charge >= 0.3 is 0 Å². The minimum absolute atomic E-state index is 0.579. The Bertz CT molecular complexity index is 434. The summed E-state index contributed by atoms with van der Waals surface area (Å²) in [6, 6.07) is 0. The lowest BCUT2D eigenvalue weighted by Gasteiger charge is -1.93. The number of fused-ring (bicyclic) bond motifs is 1. The zero-order valence-corrected chi connectivity index (χ0v) is 8.04. The van der Waals surface area contributed by atoms with Gasteiger partial charge in [0, 0.05) is 12.4 Å². The highest BCUT2D eigenvalue weighted by atomic mass is 79.9. The lowest BCUT2D eigenvalue weighted by Crippen LogP contribution is -1.92. The minimum Gasteiger partial charge on any atom is -0.393 e. The van der Waals surface area contributed by atoms with Gasteiger partial charge in [-0.15, -0.1) is 0 Å². The molecule has 0 bridgehead atoms. The predicted octanol–water partition coefficient (Wildman–Crippen LogP) is 1.38. The molecule has 62 valence electrons. The Balaban J connectivity index is 2.87. The van der Waals surface area contributed by atoms with Gasteiger partial charge in [0.25, 0.3) is 0 Å². The molecule has 0 atom stereocenters. The van der Waals surface area contributed by atoms with E-state index < -0.39 is 0 Å². The number of hydrogen-bond acceptors (Lipinski definition) is 3. The van der Waals surface area contributed by atoms with Gasteiger partial charge in [0.05, 0.1) is 0 Å². The first-order valence-corrected chi connectivity index (χ1v) is 4.24. The minimum atomic E-state index is 0.579. The summed E-state index contributed by atoms with van der Waals surface area (Å²) in [6.45, 7) is 1.96. The smallest absolute Gasteiger partial charge is 0.179 e. The molecule has 0 saturated heterocycles. The second kappa shape index (κ2) is 2.45. The summed E-state index contributed by atoms with van der Waals surface area (Å²) in [5.74, 6) is 0. The van der Waals surface area contributed by atoms with Crippen molar-refractivity contribution >= 4 is 27.3 Å². The molecule has 2 aromatic heterocycles. The molecule has 0 aromatic carbocycles. The standard InChI is InChI=1S/C7H7BrN4/c1-4-2-10-7-5(9)6(8)11-12(7)3-4/h2-3H,9H2,1H3. The van der Waals surface area contributed by atoms with Crippen molar-refractivity contribution in [3.63, 3.8) is 0 Å². The van der Waals surface area contributed by atoms with Crippen molar-refractivity contribution < 1.29 is 0 Å². The largest absolute Gasteiger partial charge is 0.393 e. The second-order valence-corrected chi connectivity index (χ2v) is 3.36. The van der Waals surface area contributed by atoms with E-state index in [0.29, 0.717) is 15.9 Å². The van der Waals surface area contributed by atoms with Crippen LogP contribution in [0.3, 0.4) is 0 Å². The zero-order chi connectivity index (χ0) is 8.72. The number of aromatic nitrogens is 3. The second-order valence-electron chi connectivity index (χ2n) is 2.60. The van der Waals surface area contributed by atoms with Gasteiger partial charge in [-0.05, 0) is 28.4 Å². The molecule has 2 rings (SSSR count). The molecule has 0 spiro atoms. The normalized spacial score (nSPS) is 10.8. The van der Waals surface area contributed by atoms with Crippen LogP contribution in [0.2, 0.25) is 0 Å². The van der Waals surface area contributed by atoms with Gasteiger partial charge in [0.1, 0.15) is 5.69 Å². The third-order valence-corrected chi connectivity index (χ3v) is 2.18. The molecule has 0 amide bonds. The maximum atomic E-state index is 5.70. The fourth-order valence-corrected chi connectivity index (χ4v) is 1.37. The molecule has 2 aromatic rings. The van der Waals surface area contributed by atoms with Crippen LogP contribution in [0.25, 0.3) is 5.65 Å². The molecule has 0 aliphatic heterocycles. The van der Waals surface area contributed by atoms with Crippen LogP contribution in [0, 0.1) is 6.92 Å². The van der Waals surface area contributed by atoms with Crippen LogP contribution in [0.4, 0.5) is 5.69 Å². The average Bonchev–Trinajstić information content (AvgIpc) is 2.28. The van der Waals surface area contributed by atoms with Crippen LogP contribution >= 0.6 is 15.9 Å². The van der Waals surface area contributed by atoms with Crippen LogP contribution < -0.4 is 5.73 Å². The highest BCUT2D eigenvalue weighted by molar-refractivity contribution is 9.10. The molecular formula is C7H7BrN4. The molecule has 0 aliphatic carbocycles. The van der Waals surface area contributed by atoms with Crippen LogP contribution in [0.15, 0.2) is 17.0 Å². The number of rotatable bonds is 0. The van der Waals surface area contributed by atoms with Crippen LogP contribution in [0.1, 0.15) is 5.56 Å². The number of nitrogens with two attached hydrogens (primary N) is 1. The molecule has 0 radical (unpaired) electrons. The van der Waals surface area contributed by atoms with E-state index in [1.165, 1.54) is 0 Å². The van der Waals surface area contributed by atoms with Gasteiger partial charge in [-0.2, -0.15) is 5.10 Å². The Labute approximate surface area is 77.5 Å². The Morgan fingerprint density at radius 1 is 1.58 bits per heavy atom. The highest BCUT2D eigenvalue weighted by Gasteiger charge is 2.06. The van der Waals surface area contributed by atoms with E-state index in [1.54, 1.807) is 10.7 Å². The Morgan fingerprint density at radius 3 is 3.08 bits per heavy atom. The third-order valence-electron chi connectivity index (χ3n) is 1.59. The Morgan fingerprint density at radius 2 is 2.33 bits per heavy atom. The summed E-state index contributed by atoms with van der Waals surface area (Å²) in [5.41, 5.74) is 8.02. The molecule has 4 nitrogen and oxygen atoms in total. The SMILES string of the molecule is Cc1cnc2c(N)c(Br)nn2c1. The molecule has 0 saturated carbocycles. The average molecular weight is 227 g/mol. The van der Waals surface area contributed by atoms with Crippen LogP contribution in [0.5, 0.6) is 0 Å². The first-order chi connectivity index (χ1) is 5.68. The lowest BCUT2D eigenvalue weighted by molar-refractivity contribution is 0.917. The van der Waals surface area contributed by atoms with Crippen molar-refractivity contribution in [2.75, 3.05) is 5.73 Å². The monoisotopic (exact) mass is 226 g/mol. The Kier molecular flexibility index (Phi) is 1.54. The maximum Gasteiger partial charge on any atom is 0.179 e. The molecule has 12 heavy (non-hydrogen) atoms. The molecule has 0 fully saturated rings. The van der Waals surface area contributed by atoms with Crippen LogP contribution in [-0.2, 0) is 0 Å². The summed E-state index contributed by atoms with van der Waals surface area (Å²) in [6.07, 6.45) is 3.64. The zero-order valence-electron chi connectivity index (χ0n) is 6.45. The van der Waals surface area contributed by atoms with Crippen molar-refractivity contribution in [3.8, 4) is 0 Å². The molecular weight excluding hydrogens is 220 g/mol. The Hall–Kier alpha value is -1.10. The van der Waals surface area contributed by atoms with E-state index >= 15 is 0 Å². The van der Waals surface area contributed by atoms with Crippen molar-refractivity contribution in [2.45, 2.75) is 6.92 Å². The number of nitrogen functional groups attached to an aromatic ring is 1. The summed E-state index contributed by atoms with van der Waals surface area (Å²) in [5, 5.41) is 4.12. The molecule has 2 heterocycles. The third kappa shape index (κ3) is 0.972. The number of hydrogen-bond donors (Lipinski definition) is 1. The number of anilines is 1. The summed E-state index contributed by atoms with van der Waals surface area (Å²) in [7, 11) is 0. The van der Waals surface area contributed by atoms with E-state index in [1.807, 2.05) is 13.1 Å². The topological polar surface area (TPSA) is 56.2 Å². The summed E-state index contributed by atoms with van der Waals surface area (Å²) < 4.78 is 2.30. The molecule has 5 heteroatoms. The quantitative estimate of drug-likeness (QED) is 0.739. The molecule has 0 aliphatic rings. The predicted molar refractivity (Wildman–Crippen MR) is 49.8 cm³/mol. The first kappa shape index (κ1) is 7.54. The van der Waals surface area contributed by atoms with Gasteiger partial charge in [-0.1, -0.05) is 0 Å². The summed E-state index contributed by atoms with van der Waals surface area (Å²) in [4.78, 5) is 4.15. The molecule has 0 unspecified atom stereocenters. The van der Waals surface area contributed by atoms with Crippen LogP contribution in [-0.4, -0.2) is 14.6 Å². The molecule has 2 N–H and O–H groups in total. The number of aryl methyl sites for hydroxylation is 1. The lowest BCUT2D eigenvalue weighted by atomic mass is 10.4. The van der Waals surface area contributed by atoms with Gasteiger partial charge < -0.3 is 5.73 Å². The van der Waals surface area contributed by atoms with Crippen molar-refractivity contribution in [1.82, 2.24) is 14.6 Å². The van der Waals surface area contributed by atoms with E-state index in [4.69, 9.17) is 5.73 Å². The van der Waals surface area contributed by atoms with Crippen molar-refractivity contribution in [1.29, 1.82) is 0 Å². The maximum absolute atomic E-state index is 5.70. The van der Waals surface area contributed by atoms with Crippen molar-refractivity contribution in [2.24, 2.45) is 0 Å². The fraction of sp³-hybridized carbons (Fsp3) is 0.143. The van der Waals surface area contributed by atoms with E-state index in [-0.39, 0.29) is 0 Å².